The van der Waals surface area contributed by atoms with E-state index in [0.29, 0.717) is 27.1 Å². The van der Waals surface area contributed by atoms with Crippen LogP contribution in [0, 0.1) is 5.82 Å². The van der Waals surface area contributed by atoms with Gasteiger partial charge in [-0.05, 0) is 40.2 Å². The van der Waals surface area contributed by atoms with E-state index in [2.05, 4.69) is 31.9 Å². The molecular weight excluding hydrogens is 405 g/mol. The van der Waals surface area contributed by atoms with Gasteiger partial charge in [0.2, 0.25) is 0 Å². The molecule has 0 fully saturated rings. The monoisotopic (exact) mass is 417 g/mol. The van der Waals surface area contributed by atoms with Crippen LogP contribution in [0.3, 0.4) is 0 Å². The van der Waals surface area contributed by atoms with Gasteiger partial charge < -0.3 is 15.2 Å². The largest absolute Gasteiger partial charge is 0.496 e. The Morgan fingerprint density at radius 2 is 1.67 bits per heavy atom. The zero-order valence-electron chi connectivity index (χ0n) is 11.5. The fourth-order valence-electron chi connectivity index (χ4n) is 2.05. The van der Waals surface area contributed by atoms with Crippen molar-refractivity contribution in [3.8, 4) is 11.5 Å². The summed E-state index contributed by atoms with van der Waals surface area (Å²) in [6.07, 6.45) is 0. The second kappa shape index (κ2) is 6.77. The molecule has 0 radical (unpaired) electrons. The SMILES string of the molecule is COc1cc(C(N)c2ccc(Br)cc2F)c(OC)cc1Br. The van der Waals surface area contributed by atoms with Crippen molar-refractivity contribution in [2.75, 3.05) is 14.2 Å². The first-order valence-corrected chi connectivity index (χ1v) is 7.68. The van der Waals surface area contributed by atoms with E-state index in [1.54, 1.807) is 38.5 Å². The van der Waals surface area contributed by atoms with Gasteiger partial charge >= 0.3 is 0 Å². The average molecular weight is 419 g/mol. The predicted molar refractivity (Wildman–Crippen MR) is 87.4 cm³/mol. The third kappa shape index (κ3) is 3.39. The number of ether oxygens (including phenoxy) is 2. The quantitative estimate of drug-likeness (QED) is 0.799. The highest BCUT2D eigenvalue weighted by Gasteiger charge is 2.20. The van der Waals surface area contributed by atoms with Crippen molar-refractivity contribution in [2.24, 2.45) is 5.73 Å². The van der Waals surface area contributed by atoms with E-state index in [1.165, 1.54) is 6.07 Å². The number of benzene rings is 2. The van der Waals surface area contributed by atoms with Crippen LogP contribution in [0.1, 0.15) is 17.2 Å². The molecule has 2 aromatic carbocycles. The Morgan fingerprint density at radius 1 is 1.00 bits per heavy atom. The van der Waals surface area contributed by atoms with Crippen molar-refractivity contribution in [3.05, 3.63) is 56.2 Å². The summed E-state index contributed by atoms with van der Waals surface area (Å²) in [6, 6.07) is 7.63. The molecule has 0 aromatic heterocycles. The van der Waals surface area contributed by atoms with Crippen LogP contribution in [0.5, 0.6) is 11.5 Å². The van der Waals surface area contributed by atoms with Crippen LogP contribution in [0.25, 0.3) is 0 Å². The first kappa shape index (κ1) is 16.3. The molecular formula is C15H14Br2FNO2. The molecule has 0 aliphatic carbocycles. The number of hydrogen-bond donors (Lipinski definition) is 1. The highest BCUT2D eigenvalue weighted by Crippen LogP contribution is 2.37. The lowest BCUT2D eigenvalue weighted by Gasteiger charge is -2.18. The zero-order chi connectivity index (χ0) is 15.6. The van der Waals surface area contributed by atoms with Gasteiger partial charge in [-0.25, -0.2) is 4.39 Å². The van der Waals surface area contributed by atoms with E-state index in [-0.39, 0.29) is 5.82 Å². The molecule has 0 aliphatic rings. The Labute approximate surface area is 139 Å². The molecule has 1 atom stereocenters. The second-order valence-corrected chi connectivity index (χ2v) is 6.14. The Balaban J connectivity index is 2.53. The molecule has 0 aliphatic heterocycles. The van der Waals surface area contributed by atoms with E-state index >= 15 is 0 Å². The third-order valence-corrected chi connectivity index (χ3v) is 4.25. The maximum atomic E-state index is 14.1. The fraction of sp³-hybridized carbons (Fsp3) is 0.200. The molecule has 2 N–H and O–H groups in total. The van der Waals surface area contributed by atoms with Crippen LogP contribution in [0.2, 0.25) is 0 Å². The molecule has 2 rings (SSSR count). The van der Waals surface area contributed by atoms with Crippen LogP contribution in [-0.4, -0.2) is 14.2 Å². The summed E-state index contributed by atoms with van der Waals surface area (Å²) >= 11 is 6.62. The summed E-state index contributed by atoms with van der Waals surface area (Å²) in [6.45, 7) is 0. The lowest BCUT2D eigenvalue weighted by Crippen LogP contribution is -2.15. The molecule has 0 spiro atoms. The molecule has 6 heteroatoms. The van der Waals surface area contributed by atoms with Gasteiger partial charge in [0.25, 0.3) is 0 Å². The fourth-order valence-corrected chi connectivity index (χ4v) is 2.87. The van der Waals surface area contributed by atoms with Gasteiger partial charge in [0.1, 0.15) is 17.3 Å². The van der Waals surface area contributed by atoms with Gasteiger partial charge in [-0.3, -0.25) is 0 Å². The van der Waals surface area contributed by atoms with Crippen LogP contribution in [0.4, 0.5) is 4.39 Å². The van der Waals surface area contributed by atoms with Crippen molar-refractivity contribution in [2.45, 2.75) is 6.04 Å². The Morgan fingerprint density at radius 3 is 2.24 bits per heavy atom. The van der Waals surface area contributed by atoms with Gasteiger partial charge in [-0.1, -0.05) is 22.0 Å². The highest BCUT2D eigenvalue weighted by molar-refractivity contribution is 9.10. The molecule has 0 heterocycles. The molecule has 0 amide bonds. The summed E-state index contributed by atoms with van der Waals surface area (Å²) in [5.41, 5.74) is 7.25. The van der Waals surface area contributed by atoms with Crippen LogP contribution in [-0.2, 0) is 0 Å². The van der Waals surface area contributed by atoms with Crippen molar-refractivity contribution in [3.63, 3.8) is 0 Å². The van der Waals surface area contributed by atoms with E-state index in [0.717, 1.165) is 4.47 Å². The molecule has 21 heavy (non-hydrogen) atoms. The average Bonchev–Trinajstić information content (AvgIpc) is 2.46. The van der Waals surface area contributed by atoms with E-state index in [4.69, 9.17) is 15.2 Å². The predicted octanol–water partition coefficient (Wildman–Crippen LogP) is 4.42. The molecule has 2 aromatic rings. The van der Waals surface area contributed by atoms with Crippen LogP contribution < -0.4 is 15.2 Å². The molecule has 0 bridgehead atoms. The van der Waals surface area contributed by atoms with Gasteiger partial charge in [-0.2, -0.15) is 0 Å². The molecule has 1 unspecified atom stereocenters. The number of methoxy groups -OCH3 is 2. The normalized spacial score (nSPS) is 12.1. The number of rotatable bonds is 4. The number of hydrogen-bond acceptors (Lipinski definition) is 3. The summed E-state index contributed by atoms with van der Waals surface area (Å²) in [5.74, 6) is 0.803. The smallest absolute Gasteiger partial charge is 0.133 e. The van der Waals surface area contributed by atoms with Crippen molar-refractivity contribution < 1.29 is 13.9 Å². The molecule has 0 saturated heterocycles. The zero-order valence-corrected chi connectivity index (χ0v) is 14.7. The van der Waals surface area contributed by atoms with E-state index in [1.807, 2.05) is 0 Å². The maximum Gasteiger partial charge on any atom is 0.133 e. The highest BCUT2D eigenvalue weighted by atomic mass is 79.9. The summed E-state index contributed by atoms with van der Waals surface area (Å²) in [4.78, 5) is 0. The van der Waals surface area contributed by atoms with Gasteiger partial charge in [-0.15, -0.1) is 0 Å². The Hall–Kier alpha value is -1.11. The van der Waals surface area contributed by atoms with E-state index < -0.39 is 6.04 Å². The van der Waals surface area contributed by atoms with Gasteiger partial charge in [0, 0.05) is 15.6 Å². The Bertz CT molecular complexity index is 664. The molecule has 3 nitrogen and oxygen atoms in total. The molecule has 112 valence electrons. The van der Waals surface area contributed by atoms with Crippen molar-refractivity contribution >= 4 is 31.9 Å². The minimum Gasteiger partial charge on any atom is -0.496 e. The number of nitrogens with two attached hydrogens (primary N) is 1. The maximum absolute atomic E-state index is 14.1. The lowest BCUT2D eigenvalue weighted by atomic mass is 9.98. The summed E-state index contributed by atoms with van der Waals surface area (Å²) in [7, 11) is 3.10. The van der Waals surface area contributed by atoms with Crippen LogP contribution >= 0.6 is 31.9 Å². The van der Waals surface area contributed by atoms with Gasteiger partial charge in [0.05, 0.1) is 24.7 Å². The lowest BCUT2D eigenvalue weighted by molar-refractivity contribution is 0.394. The summed E-state index contributed by atoms with van der Waals surface area (Å²) < 4.78 is 26.1. The van der Waals surface area contributed by atoms with Gasteiger partial charge in [0.15, 0.2) is 0 Å². The van der Waals surface area contributed by atoms with Crippen LogP contribution in [0.15, 0.2) is 39.3 Å². The van der Waals surface area contributed by atoms with Crippen molar-refractivity contribution in [1.29, 1.82) is 0 Å². The van der Waals surface area contributed by atoms with E-state index in [9.17, 15) is 4.39 Å². The first-order valence-electron chi connectivity index (χ1n) is 6.10. The third-order valence-electron chi connectivity index (χ3n) is 3.14. The van der Waals surface area contributed by atoms with Crippen molar-refractivity contribution in [1.82, 2.24) is 0 Å². The molecule has 0 saturated carbocycles. The first-order chi connectivity index (χ1) is 9.97. The number of halogens is 3. The minimum atomic E-state index is -0.657. The minimum absolute atomic E-state index is 0.374. The summed E-state index contributed by atoms with van der Waals surface area (Å²) in [5, 5.41) is 0. The standard InChI is InChI=1S/C15H14Br2FNO2/c1-20-13-7-11(17)14(21-2)6-10(13)15(19)9-4-3-8(16)5-12(9)18/h3-7,15H,19H2,1-2H3. The topological polar surface area (TPSA) is 44.5 Å². The Kier molecular flexibility index (Phi) is 5.24. The second-order valence-electron chi connectivity index (χ2n) is 4.37.